The average Bonchev–Trinajstić information content (AvgIpc) is 3.45. The maximum absolute atomic E-state index is 13.0. The minimum atomic E-state index is -0.796. The van der Waals surface area contributed by atoms with Crippen LogP contribution in [0.15, 0.2) is 60.8 Å². The molecule has 0 amide bonds. The number of unbranched alkanes of at least 4 members (excludes halogenated alkanes) is 43. The van der Waals surface area contributed by atoms with Crippen molar-refractivity contribution >= 4 is 17.9 Å². The Morgan fingerprint density at radius 2 is 0.494 bits per heavy atom. The van der Waals surface area contributed by atoms with Crippen LogP contribution in [0.4, 0.5) is 0 Å². The van der Waals surface area contributed by atoms with Crippen LogP contribution in [0.2, 0.25) is 0 Å². The molecule has 0 saturated carbocycles. The van der Waals surface area contributed by atoms with Crippen molar-refractivity contribution in [1.82, 2.24) is 0 Å². The number of carbonyl (C=O) groups is 3. The summed E-state index contributed by atoms with van der Waals surface area (Å²) in [5.41, 5.74) is 0. The molecular formula is C73H132O6. The molecule has 0 aromatic rings. The lowest BCUT2D eigenvalue weighted by molar-refractivity contribution is -0.167. The average molecular weight is 1110 g/mol. The molecule has 1 unspecified atom stereocenters. The molecule has 0 spiro atoms. The topological polar surface area (TPSA) is 78.9 Å². The Labute approximate surface area is 491 Å². The zero-order valence-corrected chi connectivity index (χ0v) is 52.9. The number of carbonyl (C=O) groups excluding carboxylic acids is 3. The third-order valence-electron chi connectivity index (χ3n) is 15.5. The van der Waals surface area contributed by atoms with Crippen LogP contribution in [0, 0.1) is 0 Å². The van der Waals surface area contributed by atoms with Gasteiger partial charge in [-0.05, 0) is 57.8 Å². The van der Waals surface area contributed by atoms with Crippen molar-refractivity contribution in [2.45, 2.75) is 374 Å². The van der Waals surface area contributed by atoms with E-state index >= 15 is 0 Å². The van der Waals surface area contributed by atoms with Crippen molar-refractivity contribution in [2.24, 2.45) is 0 Å². The van der Waals surface area contributed by atoms with Crippen molar-refractivity contribution in [1.29, 1.82) is 0 Å². The van der Waals surface area contributed by atoms with E-state index in [4.69, 9.17) is 14.2 Å². The van der Waals surface area contributed by atoms with Crippen LogP contribution in [-0.4, -0.2) is 37.2 Å². The summed E-state index contributed by atoms with van der Waals surface area (Å²) < 4.78 is 16.9. The van der Waals surface area contributed by atoms with Crippen LogP contribution in [-0.2, 0) is 28.6 Å². The third kappa shape index (κ3) is 65.8. The van der Waals surface area contributed by atoms with Gasteiger partial charge in [0.15, 0.2) is 6.10 Å². The molecule has 6 heteroatoms. The molecule has 460 valence electrons. The summed E-state index contributed by atoms with van der Waals surface area (Å²) in [5, 5.41) is 0. The molecule has 0 aliphatic rings. The van der Waals surface area contributed by atoms with Crippen LogP contribution in [0.25, 0.3) is 0 Å². The van der Waals surface area contributed by atoms with Crippen molar-refractivity contribution < 1.29 is 28.6 Å². The van der Waals surface area contributed by atoms with E-state index in [2.05, 4.69) is 81.5 Å². The van der Waals surface area contributed by atoms with E-state index in [1.807, 2.05) is 0 Å². The Kier molecular flexibility index (Phi) is 65.1. The number of esters is 3. The van der Waals surface area contributed by atoms with Crippen molar-refractivity contribution in [3.63, 3.8) is 0 Å². The molecular weight excluding hydrogens is 973 g/mol. The zero-order chi connectivity index (χ0) is 57.1. The highest BCUT2D eigenvalue weighted by Gasteiger charge is 2.19. The molecule has 0 rings (SSSR count). The second kappa shape index (κ2) is 67.6. The quantitative estimate of drug-likeness (QED) is 0.0261. The second-order valence-electron chi connectivity index (χ2n) is 23.4. The predicted octanol–water partition coefficient (Wildman–Crippen LogP) is 23.9. The zero-order valence-electron chi connectivity index (χ0n) is 52.9. The summed E-state index contributed by atoms with van der Waals surface area (Å²) in [5.74, 6) is -0.922. The number of rotatable bonds is 64. The molecule has 0 aromatic heterocycles. The van der Waals surface area contributed by atoms with E-state index < -0.39 is 6.10 Å². The van der Waals surface area contributed by atoms with Gasteiger partial charge in [0.1, 0.15) is 13.2 Å². The van der Waals surface area contributed by atoms with Crippen LogP contribution >= 0.6 is 0 Å². The van der Waals surface area contributed by atoms with Crippen molar-refractivity contribution in [3.05, 3.63) is 60.8 Å². The summed E-state index contributed by atoms with van der Waals surface area (Å²) in [6, 6.07) is 0. The van der Waals surface area contributed by atoms with E-state index in [9.17, 15) is 14.4 Å². The first-order chi connectivity index (χ1) is 39.0. The largest absolute Gasteiger partial charge is 0.462 e. The predicted molar refractivity (Wildman–Crippen MR) is 344 cm³/mol. The molecule has 0 aliphatic carbocycles. The molecule has 0 aromatic carbocycles. The van der Waals surface area contributed by atoms with Gasteiger partial charge in [0.25, 0.3) is 0 Å². The van der Waals surface area contributed by atoms with Crippen molar-refractivity contribution in [2.75, 3.05) is 13.2 Å². The monoisotopic (exact) mass is 1110 g/mol. The lowest BCUT2D eigenvalue weighted by atomic mass is 10.0. The van der Waals surface area contributed by atoms with Gasteiger partial charge in [-0.15, -0.1) is 0 Å². The standard InChI is InChI=1S/C73H132O6/c1-4-7-10-13-16-19-22-25-28-31-33-35-36-38-39-42-45-48-51-54-57-60-63-66-72(75)78-69-70(68-77-71(74)65-62-59-56-53-50-47-44-41-30-27-24-21-18-15-12-9-6-3)79-73(76)67-64-61-58-55-52-49-46-43-40-37-34-32-29-26-23-20-17-14-11-8-5-2/h9,12,18,21,27,30,44,47,53,56,70H,4-8,10-11,13-17,19-20,22-26,28-29,31-43,45-46,48-52,54-55,57-69H2,1-3H3/b12-9-,21-18-,30-27-,47-44-,56-53-. The Bertz CT molecular complexity index is 1410. The summed E-state index contributed by atoms with van der Waals surface area (Å²) >= 11 is 0. The first-order valence-corrected chi connectivity index (χ1v) is 34.8. The van der Waals surface area contributed by atoms with E-state index in [0.717, 1.165) is 77.0 Å². The fourth-order valence-corrected chi connectivity index (χ4v) is 10.4. The SMILES string of the molecule is CC/C=C\C/C=C\C/C=C\C/C=C\C/C=C\CCCC(=O)OCC(COC(=O)CCCCCCCCCCCCCCCCCCCCCCCCC)OC(=O)CCCCCCCCCCCCCCCCCCCCCCC. The Balaban J connectivity index is 4.35. The molecule has 0 saturated heterocycles. The molecule has 0 heterocycles. The first kappa shape index (κ1) is 76.1. The van der Waals surface area contributed by atoms with E-state index in [1.54, 1.807) is 0 Å². The fraction of sp³-hybridized carbons (Fsp3) is 0.822. The molecule has 0 fully saturated rings. The maximum atomic E-state index is 13.0. The molecule has 6 nitrogen and oxygen atoms in total. The van der Waals surface area contributed by atoms with Gasteiger partial charge in [-0.25, -0.2) is 0 Å². The van der Waals surface area contributed by atoms with E-state index in [0.29, 0.717) is 19.3 Å². The van der Waals surface area contributed by atoms with Gasteiger partial charge in [-0.1, -0.05) is 351 Å². The Morgan fingerprint density at radius 3 is 0.772 bits per heavy atom. The summed E-state index contributed by atoms with van der Waals surface area (Å²) in [6.45, 7) is 6.55. The number of ether oxygens (including phenoxy) is 3. The van der Waals surface area contributed by atoms with Gasteiger partial charge in [-0.3, -0.25) is 14.4 Å². The number of hydrogen-bond donors (Lipinski definition) is 0. The highest BCUT2D eigenvalue weighted by molar-refractivity contribution is 5.71. The fourth-order valence-electron chi connectivity index (χ4n) is 10.4. The molecule has 79 heavy (non-hydrogen) atoms. The van der Waals surface area contributed by atoms with Gasteiger partial charge in [0, 0.05) is 19.3 Å². The molecule has 0 aliphatic heterocycles. The number of allylic oxidation sites excluding steroid dienone is 10. The van der Waals surface area contributed by atoms with Crippen LogP contribution in [0.3, 0.4) is 0 Å². The minimum absolute atomic E-state index is 0.0868. The van der Waals surface area contributed by atoms with Crippen LogP contribution in [0.1, 0.15) is 367 Å². The third-order valence-corrected chi connectivity index (χ3v) is 15.5. The van der Waals surface area contributed by atoms with E-state index in [-0.39, 0.29) is 37.5 Å². The lowest BCUT2D eigenvalue weighted by Crippen LogP contribution is -2.30. The Morgan fingerprint density at radius 1 is 0.266 bits per heavy atom. The second-order valence-corrected chi connectivity index (χ2v) is 23.4. The molecule has 0 radical (unpaired) electrons. The minimum Gasteiger partial charge on any atom is -0.462 e. The van der Waals surface area contributed by atoms with Crippen LogP contribution in [0.5, 0.6) is 0 Å². The van der Waals surface area contributed by atoms with E-state index in [1.165, 1.54) is 244 Å². The van der Waals surface area contributed by atoms with Gasteiger partial charge in [0.05, 0.1) is 0 Å². The molecule has 0 bridgehead atoms. The lowest BCUT2D eigenvalue weighted by Gasteiger charge is -2.18. The highest BCUT2D eigenvalue weighted by atomic mass is 16.6. The summed E-state index contributed by atoms with van der Waals surface area (Å²) in [4.78, 5) is 38.4. The highest BCUT2D eigenvalue weighted by Crippen LogP contribution is 2.18. The maximum Gasteiger partial charge on any atom is 0.306 e. The van der Waals surface area contributed by atoms with Crippen molar-refractivity contribution in [3.8, 4) is 0 Å². The smallest absolute Gasteiger partial charge is 0.306 e. The van der Waals surface area contributed by atoms with Gasteiger partial charge in [-0.2, -0.15) is 0 Å². The number of hydrogen-bond acceptors (Lipinski definition) is 6. The van der Waals surface area contributed by atoms with Gasteiger partial charge < -0.3 is 14.2 Å². The van der Waals surface area contributed by atoms with Gasteiger partial charge in [0.2, 0.25) is 0 Å². The summed E-state index contributed by atoms with van der Waals surface area (Å²) in [6.07, 6.45) is 86.8. The Hall–Kier alpha value is -2.89. The molecule has 1 atom stereocenters. The molecule has 0 N–H and O–H groups in total. The van der Waals surface area contributed by atoms with Gasteiger partial charge >= 0.3 is 17.9 Å². The summed E-state index contributed by atoms with van der Waals surface area (Å²) in [7, 11) is 0. The first-order valence-electron chi connectivity index (χ1n) is 34.8. The van der Waals surface area contributed by atoms with Crippen LogP contribution < -0.4 is 0 Å². The normalized spacial score (nSPS) is 12.4.